The maximum absolute atomic E-state index is 12.2. The highest BCUT2D eigenvalue weighted by Crippen LogP contribution is 2.30. The van der Waals surface area contributed by atoms with Gasteiger partial charge in [0.05, 0.1) is 10.0 Å². The minimum Gasteiger partial charge on any atom is -0.261 e. The summed E-state index contributed by atoms with van der Waals surface area (Å²) < 4.78 is 26.6. The van der Waals surface area contributed by atoms with Gasteiger partial charge in [-0.25, -0.2) is 18.4 Å². The van der Waals surface area contributed by atoms with E-state index in [1.165, 1.54) is 24.5 Å². The van der Waals surface area contributed by atoms with Gasteiger partial charge in [-0.2, -0.15) is 0 Å². The number of nitrogens with one attached hydrogen (secondary N) is 1. The Balaban J connectivity index is 2.47. The Labute approximate surface area is 124 Å². The van der Waals surface area contributed by atoms with E-state index in [1.807, 2.05) is 0 Å². The van der Waals surface area contributed by atoms with Gasteiger partial charge >= 0.3 is 0 Å². The van der Waals surface area contributed by atoms with Crippen molar-refractivity contribution in [3.63, 3.8) is 0 Å². The molecule has 0 fully saturated rings. The van der Waals surface area contributed by atoms with Crippen molar-refractivity contribution in [2.24, 2.45) is 0 Å². The fourth-order valence-electron chi connectivity index (χ4n) is 1.31. The van der Waals surface area contributed by atoms with Crippen LogP contribution in [0.4, 0.5) is 5.82 Å². The lowest BCUT2D eigenvalue weighted by Crippen LogP contribution is -2.15. The average molecular weight is 339 g/mol. The molecular formula is C10H6Cl3N3O2S. The van der Waals surface area contributed by atoms with Crippen molar-refractivity contribution in [1.29, 1.82) is 0 Å². The summed E-state index contributed by atoms with van der Waals surface area (Å²) in [7, 11) is -4.00. The van der Waals surface area contributed by atoms with Crippen LogP contribution >= 0.6 is 34.8 Å². The molecule has 0 saturated heterocycles. The topological polar surface area (TPSA) is 72.0 Å². The smallest absolute Gasteiger partial charge is 0.261 e. The molecule has 1 heterocycles. The van der Waals surface area contributed by atoms with Gasteiger partial charge in [-0.15, -0.1) is 0 Å². The molecule has 0 aliphatic carbocycles. The molecule has 1 aromatic carbocycles. The van der Waals surface area contributed by atoms with Crippen LogP contribution in [0.1, 0.15) is 0 Å². The van der Waals surface area contributed by atoms with E-state index in [2.05, 4.69) is 14.7 Å². The van der Waals surface area contributed by atoms with Crippen molar-refractivity contribution in [2.45, 2.75) is 4.90 Å². The van der Waals surface area contributed by atoms with E-state index < -0.39 is 10.0 Å². The Bertz CT molecular complexity index is 701. The third kappa shape index (κ3) is 3.09. The summed E-state index contributed by atoms with van der Waals surface area (Å²) in [5, 5.41) is -0.0747. The van der Waals surface area contributed by atoms with Gasteiger partial charge in [-0.05, 0) is 12.1 Å². The van der Waals surface area contributed by atoms with Crippen molar-refractivity contribution in [2.75, 3.05) is 4.72 Å². The molecule has 2 aromatic rings. The average Bonchev–Trinajstić information content (AvgIpc) is 2.31. The zero-order chi connectivity index (χ0) is 14.0. The largest absolute Gasteiger partial charge is 0.266 e. The predicted molar refractivity (Wildman–Crippen MR) is 74.3 cm³/mol. The Hall–Kier alpha value is -1.08. The van der Waals surface area contributed by atoms with E-state index >= 15 is 0 Å². The summed E-state index contributed by atoms with van der Waals surface area (Å²) in [5.74, 6) is -0.0971. The minimum atomic E-state index is -4.00. The molecule has 19 heavy (non-hydrogen) atoms. The standard InChI is InChI=1S/C10H6Cl3N3O2S/c11-6-2-1-3-7(12)8(6)19(17,18)16-10-9(13)14-4-5-15-10/h1-5H,(H,15,16). The number of sulfonamides is 1. The van der Waals surface area contributed by atoms with Gasteiger partial charge in [0.15, 0.2) is 11.0 Å². The van der Waals surface area contributed by atoms with Crippen LogP contribution in [0, 0.1) is 0 Å². The predicted octanol–water partition coefficient (Wildman–Crippen LogP) is 3.24. The normalized spacial score (nSPS) is 11.3. The number of anilines is 1. The summed E-state index contributed by atoms with van der Waals surface area (Å²) in [5.41, 5.74) is 0. The quantitative estimate of drug-likeness (QED) is 0.932. The maximum Gasteiger partial charge on any atom is 0.266 e. The molecule has 0 aliphatic rings. The van der Waals surface area contributed by atoms with E-state index in [9.17, 15) is 8.42 Å². The molecular weight excluding hydrogens is 333 g/mol. The van der Waals surface area contributed by atoms with Gasteiger partial charge in [0.2, 0.25) is 0 Å². The van der Waals surface area contributed by atoms with Crippen molar-refractivity contribution in [1.82, 2.24) is 9.97 Å². The van der Waals surface area contributed by atoms with Crippen LogP contribution in [0.2, 0.25) is 15.2 Å². The third-order valence-corrected chi connectivity index (χ3v) is 4.64. The van der Waals surface area contributed by atoms with E-state index in [0.717, 1.165) is 0 Å². The number of hydrogen-bond donors (Lipinski definition) is 1. The first-order valence-corrected chi connectivity index (χ1v) is 7.47. The zero-order valence-corrected chi connectivity index (χ0v) is 12.2. The molecule has 1 N–H and O–H groups in total. The van der Waals surface area contributed by atoms with Crippen LogP contribution in [-0.4, -0.2) is 18.4 Å². The van der Waals surface area contributed by atoms with Crippen LogP contribution in [0.15, 0.2) is 35.5 Å². The van der Waals surface area contributed by atoms with E-state index in [1.54, 1.807) is 6.07 Å². The summed E-state index contributed by atoms with van der Waals surface area (Å²) in [6.45, 7) is 0. The molecule has 0 spiro atoms. The summed E-state index contributed by atoms with van der Waals surface area (Å²) in [6, 6.07) is 4.37. The van der Waals surface area contributed by atoms with Crippen LogP contribution in [0.5, 0.6) is 0 Å². The number of rotatable bonds is 3. The van der Waals surface area contributed by atoms with E-state index in [4.69, 9.17) is 34.8 Å². The van der Waals surface area contributed by atoms with Gasteiger partial charge in [0, 0.05) is 12.4 Å². The highest BCUT2D eigenvalue weighted by molar-refractivity contribution is 7.93. The molecule has 100 valence electrons. The number of hydrogen-bond acceptors (Lipinski definition) is 4. The number of aromatic nitrogens is 2. The van der Waals surface area contributed by atoms with E-state index in [-0.39, 0.29) is 25.9 Å². The third-order valence-electron chi connectivity index (χ3n) is 2.07. The second-order valence-corrected chi connectivity index (χ2v) is 6.14. The highest BCUT2D eigenvalue weighted by atomic mass is 35.5. The van der Waals surface area contributed by atoms with E-state index in [0.29, 0.717) is 0 Å². The second-order valence-electron chi connectivity index (χ2n) is 3.35. The van der Waals surface area contributed by atoms with Gasteiger partial charge in [0.25, 0.3) is 10.0 Å². The monoisotopic (exact) mass is 337 g/mol. The molecule has 0 bridgehead atoms. The highest BCUT2D eigenvalue weighted by Gasteiger charge is 2.23. The molecule has 1 aromatic heterocycles. The van der Waals surface area contributed by atoms with Gasteiger partial charge in [-0.3, -0.25) is 4.72 Å². The van der Waals surface area contributed by atoms with Gasteiger partial charge < -0.3 is 0 Å². The molecule has 2 rings (SSSR count). The number of halogens is 3. The number of nitrogens with zero attached hydrogens (tertiary/aromatic N) is 2. The molecule has 0 saturated carbocycles. The Kier molecular flexibility index (Phi) is 4.15. The Morgan fingerprint density at radius 2 is 1.58 bits per heavy atom. The van der Waals surface area contributed by atoms with Crippen molar-refractivity contribution < 1.29 is 8.42 Å². The Morgan fingerprint density at radius 3 is 2.16 bits per heavy atom. The minimum absolute atomic E-state index is 0.0000118. The molecule has 0 atom stereocenters. The maximum atomic E-state index is 12.2. The first-order valence-electron chi connectivity index (χ1n) is 4.85. The fraction of sp³-hybridized carbons (Fsp3) is 0. The number of benzene rings is 1. The molecule has 0 radical (unpaired) electrons. The molecule has 5 nitrogen and oxygen atoms in total. The fourth-order valence-corrected chi connectivity index (χ4v) is 3.68. The zero-order valence-electron chi connectivity index (χ0n) is 9.14. The second kappa shape index (κ2) is 5.50. The van der Waals surface area contributed by atoms with Crippen LogP contribution in [0.25, 0.3) is 0 Å². The van der Waals surface area contributed by atoms with Crippen molar-refractivity contribution >= 4 is 50.6 Å². The molecule has 0 aliphatic heterocycles. The molecule has 9 heteroatoms. The first-order chi connectivity index (χ1) is 8.92. The summed E-state index contributed by atoms with van der Waals surface area (Å²) in [4.78, 5) is 7.25. The lowest BCUT2D eigenvalue weighted by atomic mass is 10.4. The Morgan fingerprint density at radius 1 is 1.00 bits per heavy atom. The van der Waals surface area contributed by atoms with Crippen molar-refractivity contribution in [3.05, 3.63) is 45.8 Å². The van der Waals surface area contributed by atoms with Gasteiger partial charge in [0.1, 0.15) is 4.90 Å². The first kappa shape index (κ1) is 14.3. The lowest BCUT2D eigenvalue weighted by Gasteiger charge is -2.10. The lowest BCUT2D eigenvalue weighted by molar-refractivity contribution is 0.601. The van der Waals surface area contributed by atoms with Crippen LogP contribution < -0.4 is 4.72 Å². The van der Waals surface area contributed by atoms with Crippen LogP contribution in [-0.2, 0) is 10.0 Å². The summed E-state index contributed by atoms with van der Waals surface area (Å²) >= 11 is 17.4. The van der Waals surface area contributed by atoms with Crippen LogP contribution in [0.3, 0.4) is 0 Å². The molecule has 0 amide bonds. The van der Waals surface area contributed by atoms with Gasteiger partial charge in [-0.1, -0.05) is 40.9 Å². The SMILES string of the molecule is O=S(=O)(Nc1nccnc1Cl)c1c(Cl)cccc1Cl. The molecule has 0 unspecified atom stereocenters. The van der Waals surface area contributed by atoms with Crippen molar-refractivity contribution in [3.8, 4) is 0 Å². The summed E-state index contributed by atoms with van der Waals surface area (Å²) in [6.07, 6.45) is 2.64.